The van der Waals surface area contributed by atoms with E-state index in [1.165, 1.54) is 10.9 Å². The second-order valence-corrected chi connectivity index (χ2v) is 5.09. The second-order valence-electron chi connectivity index (χ2n) is 5.09. The quantitative estimate of drug-likeness (QED) is 0.806. The predicted molar refractivity (Wildman–Crippen MR) is 83.2 cm³/mol. The third-order valence-corrected chi connectivity index (χ3v) is 3.80. The highest BCUT2D eigenvalue weighted by Gasteiger charge is 2.21. The summed E-state index contributed by atoms with van der Waals surface area (Å²) in [7, 11) is 0. The van der Waals surface area contributed by atoms with Gasteiger partial charge in [-0.1, -0.05) is 18.2 Å². The summed E-state index contributed by atoms with van der Waals surface area (Å²) in [5.74, 6) is 0.341. The minimum atomic E-state index is 0. The van der Waals surface area contributed by atoms with E-state index in [-0.39, 0.29) is 24.2 Å². The lowest BCUT2D eigenvalue weighted by Gasteiger charge is -2.09. The fourth-order valence-electron chi connectivity index (χ4n) is 2.68. The van der Waals surface area contributed by atoms with Gasteiger partial charge in [-0.3, -0.25) is 4.79 Å². The molecule has 0 spiro atoms. The zero-order valence-electron chi connectivity index (χ0n) is 11.3. The van der Waals surface area contributed by atoms with Crippen LogP contribution in [0.3, 0.4) is 0 Å². The van der Waals surface area contributed by atoms with E-state index < -0.39 is 0 Å². The summed E-state index contributed by atoms with van der Waals surface area (Å²) in [6, 6.07) is 8.26. The molecule has 1 fully saturated rings. The molecule has 1 amide bonds. The Kier molecular flexibility index (Phi) is 5.04. The molecular formula is C15H20ClN3O. The van der Waals surface area contributed by atoms with Gasteiger partial charge in [0.05, 0.1) is 5.92 Å². The molecule has 108 valence electrons. The van der Waals surface area contributed by atoms with Crippen LogP contribution >= 0.6 is 12.4 Å². The van der Waals surface area contributed by atoms with Gasteiger partial charge < -0.3 is 15.6 Å². The van der Waals surface area contributed by atoms with Crippen LogP contribution in [-0.2, 0) is 11.2 Å². The Morgan fingerprint density at radius 1 is 1.35 bits per heavy atom. The second kappa shape index (κ2) is 6.77. The molecule has 0 radical (unpaired) electrons. The van der Waals surface area contributed by atoms with Crippen LogP contribution in [0.1, 0.15) is 12.0 Å². The number of hydrogen-bond acceptors (Lipinski definition) is 2. The number of hydrogen-bond donors (Lipinski definition) is 3. The lowest BCUT2D eigenvalue weighted by atomic mass is 10.1. The first-order valence-corrected chi connectivity index (χ1v) is 6.88. The lowest BCUT2D eigenvalue weighted by molar-refractivity contribution is -0.124. The molecule has 2 aromatic rings. The monoisotopic (exact) mass is 293 g/mol. The van der Waals surface area contributed by atoms with Crippen LogP contribution in [0.5, 0.6) is 0 Å². The Morgan fingerprint density at radius 3 is 3.00 bits per heavy atom. The number of amides is 1. The van der Waals surface area contributed by atoms with E-state index in [9.17, 15) is 4.79 Å². The number of aromatic nitrogens is 1. The van der Waals surface area contributed by atoms with Gasteiger partial charge in [0.2, 0.25) is 5.91 Å². The number of nitrogens with one attached hydrogen (secondary N) is 3. The smallest absolute Gasteiger partial charge is 0.224 e. The molecule has 0 bridgehead atoms. The number of rotatable bonds is 4. The molecule has 20 heavy (non-hydrogen) atoms. The van der Waals surface area contributed by atoms with Crippen LogP contribution in [0.2, 0.25) is 0 Å². The fourth-order valence-corrected chi connectivity index (χ4v) is 2.68. The molecular weight excluding hydrogens is 274 g/mol. The van der Waals surface area contributed by atoms with Crippen molar-refractivity contribution in [3.05, 3.63) is 36.0 Å². The van der Waals surface area contributed by atoms with E-state index in [2.05, 4.69) is 27.8 Å². The average molecular weight is 294 g/mol. The van der Waals surface area contributed by atoms with E-state index in [4.69, 9.17) is 0 Å². The summed E-state index contributed by atoms with van der Waals surface area (Å²) < 4.78 is 0. The summed E-state index contributed by atoms with van der Waals surface area (Å²) in [5, 5.41) is 7.50. The Hall–Kier alpha value is -1.52. The molecule has 1 aliphatic rings. The van der Waals surface area contributed by atoms with Gasteiger partial charge in [0, 0.05) is 30.2 Å². The average Bonchev–Trinajstić information content (AvgIpc) is 3.08. The van der Waals surface area contributed by atoms with Crippen LogP contribution in [-0.4, -0.2) is 30.5 Å². The number of para-hydroxylation sites is 1. The minimum Gasteiger partial charge on any atom is -0.361 e. The SMILES string of the molecule is Cl.O=C(NCCc1c[nH]c2ccccc12)C1CCNC1. The third kappa shape index (κ3) is 3.14. The lowest BCUT2D eigenvalue weighted by Crippen LogP contribution is -2.33. The number of benzene rings is 1. The molecule has 2 heterocycles. The van der Waals surface area contributed by atoms with E-state index in [1.54, 1.807) is 0 Å². The van der Waals surface area contributed by atoms with Crippen molar-refractivity contribution in [3.63, 3.8) is 0 Å². The first-order valence-electron chi connectivity index (χ1n) is 6.88. The van der Waals surface area contributed by atoms with Crippen molar-refractivity contribution in [1.82, 2.24) is 15.6 Å². The number of halogens is 1. The Balaban J connectivity index is 0.00000147. The maximum absolute atomic E-state index is 11.9. The molecule has 4 nitrogen and oxygen atoms in total. The first kappa shape index (κ1) is 14.9. The predicted octanol–water partition coefficient (Wildman–Crippen LogP) is 1.86. The standard InChI is InChI=1S/C15H19N3O.ClH/c19-15(12-5-7-16-9-12)17-8-6-11-10-18-14-4-2-1-3-13(11)14;/h1-4,10,12,16,18H,5-9H2,(H,17,19);1H. The fraction of sp³-hybridized carbons (Fsp3) is 0.400. The summed E-state index contributed by atoms with van der Waals surface area (Å²) >= 11 is 0. The minimum absolute atomic E-state index is 0. The van der Waals surface area contributed by atoms with Crippen LogP contribution in [0.25, 0.3) is 10.9 Å². The summed E-state index contributed by atoms with van der Waals surface area (Å²) in [6.07, 6.45) is 3.86. The van der Waals surface area contributed by atoms with E-state index in [0.29, 0.717) is 6.54 Å². The molecule has 3 N–H and O–H groups in total. The molecule has 5 heteroatoms. The van der Waals surface area contributed by atoms with Gasteiger partial charge in [0.15, 0.2) is 0 Å². The van der Waals surface area contributed by atoms with Gasteiger partial charge in [-0.15, -0.1) is 12.4 Å². The third-order valence-electron chi connectivity index (χ3n) is 3.80. The van der Waals surface area contributed by atoms with Crippen molar-refractivity contribution in [2.24, 2.45) is 5.92 Å². The molecule has 1 aromatic heterocycles. The van der Waals surface area contributed by atoms with Crippen LogP contribution < -0.4 is 10.6 Å². The van der Waals surface area contributed by atoms with Crippen LogP contribution in [0.4, 0.5) is 0 Å². The zero-order chi connectivity index (χ0) is 13.1. The van der Waals surface area contributed by atoms with Gasteiger partial charge in [0.25, 0.3) is 0 Å². The highest BCUT2D eigenvalue weighted by atomic mass is 35.5. The van der Waals surface area contributed by atoms with Gasteiger partial charge >= 0.3 is 0 Å². The number of carbonyl (C=O) groups excluding carboxylic acids is 1. The normalized spacial score (nSPS) is 17.9. The van der Waals surface area contributed by atoms with Gasteiger partial charge in [0.1, 0.15) is 0 Å². The molecule has 0 saturated carbocycles. The Bertz CT molecular complexity index is 575. The molecule has 3 rings (SSSR count). The molecule has 1 atom stereocenters. The molecule has 1 saturated heterocycles. The van der Waals surface area contributed by atoms with Crippen molar-refractivity contribution in [2.75, 3.05) is 19.6 Å². The molecule has 1 unspecified atom stereocenters. The zero-order valence-corrected chi connectivity index (χ0v) is 12.1. The van der Waals surface area contributed by atoms with Crippen molar-refractivity contribution in [1.29, 1.82) is 0 Å². The summed E-state index contributed by atoms with van der Waals surface area (Å²) in [4.78, 5) is 15.1. The highest BCUT2D eigenvalue weighted by Crippen LogP contribution is 2.17. The Morgan fingerprint density at radius 2 is 2.20 bits per heavy atom. The van der Waals surface area contributed by atoms with Crippen molar-refractivity contribution in [3.8, 4) is 0 Å². The first-order chi connectivity index (χ1) is 9.34. The number of carbonyl (C=O) groups is 1. The van der Waals surface area contributed by atoms with Crippen LogP contribution in [0, 0.1) is 5.92 Å². The summed E-state index contributed by atoms with van der Waals surface area (Å²) in [6.45, 7) is 2.48. The molecule has 1 aliphatic heterocycles. The van der Waals surface area contributed by atoms with E-state index in [1.807, 2.05) is 18.3 Å². The summed E-state index contributed by atoms with van der Waals surface area (Å²) in [5.41, 5.74) is 2.42. The van der Waals surface area contributed by atoms with E-state index in [0.717, 1.165) is 31.4 Å². The van der Waals surface area contributed by atoms with Crippen molar-refractivity contribution in [2.45, 2.75) is 12.8 Å². The highest BCUT2D eigenvalue weighted by molar-refractivity contribution is 5.85. The maximum Gasteiger partial charge on any atom is 0.224 e. The molecule has 0 aliphatic carbocycles. The maximum atomic E-state index is 11.9. The largest absolute Gasteiger partial charge is 0.361 e. The van der Waals surface area contributed by atoms with Crippen molar-refractivity contribution < 1.29 is 4.79 Å². The van der Waals surface area contributed by atoms with Gasteiger partial charge in [-0.05, 0) is 31.0 Å². The van der Waals surface area contributed by atoms with Crippen LogP contribution in [0.15, 0.2) is 30.5 Å². The van der Waals surface area contributed by atoms with Crippen molar-refractivity contribution >= 4 is 29.2 Å². The Labute approximate surface area is 124 Å². The number of H-pyrrole nitrogens is 1. The topological polar surface area (TPSA) is 56.9 Å². The van der Waals surface area contributed by atoms with Gasteiger partial charge in [-0.2, -0.15) is 0 Å². The number of aromatic amines is 1. The van der Waals surface area contributed by atoms with E-state index >= 15 is 0 Å². The molecule has 1 aromatic carbocycles. The van der Waals surface area contributed by atoms with Gasteiger partial charge in [-0.25, -0.2) is 0 Å². The number of fused-ring (bicyclic) bond motifs is 1.